The summed E-state index contributed by atoms with van der Waals surface area (Å²) >= 11 is 0. The minimum Gasteiger partial charge on any atom is -0.484 e. The molecule has 0 bridgehead atoms. The summed E-state index contributed by atoms with van der Waals surface area (Å²) in [5, 5.41) is 3.16. The Kier molecular flexibility index (Phi) is 8.51. The third-order valence-corrected chi connectivity index (χ3v) is 6.05. The molecule has 3 rings (SSSR count). The first-order valence-corrected chi connectivity index (χ1v) is 11.4. The Bertz CT molecular complexity index is 847. The highest BCUT2D eigenvalue weighted by molar-refractivity contribution is 5.88. The van der Waals surface area contributed by atoms with Crippen molar-refractivity contribution in [1.29, 1.82) is 0 Å². The summed E-state index contributed by atoms with van der Waals surface area (Å²) in [5.74, 6) is 0.438. The molecule has 31 heavy (non-hydrogen) atoms. The zero-order valence-corrected chi connectivity index (χ0v) is 18.7. The average molecular weight is 423 g/mol. The number of ether oxygens (including phenoxy) is 1. The predicted molar refractivity (Wildman–Crippen MR) is 123 cm³/mol. The highest BCUT2D eigenvalue weighted by Gasteiger charge is 2.28. The van der Waals surface area contributed by atoms with Gasteiger partial charge in [-0.25, -0.2) is 0 Å². The Morgan fingerprint density at radius 2 is 1.71 bits per heavy atom. The van der Waals surface area contributed by atoms with Crippen LogP contribution in [0.2, 0.25) is 0 Å². The number of nitrogens with one attached hydrogen (secondary N) is 1. The number of amides is 2. The summed E-state index contributed by atoms with van der Waals surface area (Å²) in [5.41, 5.74) is 2.12. The van der Waals surface area contributed by atoms with Crippen molar-refractivity contribution in [2.24, 2.45) is 0 Å². The molecule has 0 heterocycles. The summed E-state index contributed by atoms with van der Waals surface area (Å²) in [4.78, 5) is 27.7. The van der Waals surface area contributed by atoms with Crippen molar-refractivity contribution in [2.75, 3.05) is 13.2 Å². The lowest BCUT2D eigenvalue weighted by Gasteiger charge is -2.31. The Morgan fingerprint density at radius 1 is 1.03 bits per heavy atom. The van der Waals surface area contributed by atoms with Crippen LogP contribution >= 0.6 is 0 Å². The van der Waals surface area contributed by atoms with E-state index in [9.17, 15) is 9.59 Å². The van der Waals surface area contributed by atoms with E-state index in [-0.39, 0.29) is 24.5 Å². The van der Waals surface area contributed by atoms with E-state index < -0.39 is 6.04 Å². The molecule has 0 spiro atoms. The molecule has 5 nitrogen and oxygen atoms in total. The Labute approximate surface area is 185 Å². The fraction of sp³-hybridized carbons (Fsp3) is 0.462. The Hall–Kier alpha value is -2.82. The molecule has 2 amide bonds. The van der Waals surface area contributed by atoms with Gasteiger partial charge in [-0.2, -0.15) is 0 Å². The number of carbonyl (C=O) groups is 2. The first kappa shape index (κ1) is 22.9. The fourth-order valence-corrected chi connectivity index (χ4v) is 4.08. The van der Waals surface area contributed by atoms with Crippen molar-refractivity contribution in [1.82, 2.24) is 10.2 Å². The van der Waals surface area contributed by atoms with Gasteiger partial charge in [0.25, 0.3) is 5.91 Å². The zero-order chi connectivity index (χ0) is 22.1. The highest BCUT2D eigenvalue weighted by Crippen LogP contribution is 2.19. The SMILES string of the molecule is Cc1ccccc1OCC(=O)N(CCc1ccccc1)C(C)C(=O)NC1CCCCC1. The second-order valence-electron chi connectivity index (χ2n) is 8.40. The van der Waals surface area contributed by atoms with Gasteiger partial charge in [0.05, 0.1) is 0 Å². The van der Waals surface area contributed by atoms with Gasteiger partial charge in [-0.1, -0.05) is 67.8 Å². The van der Waals surface area contributed by atoms with Gasteiger partial charge in [0, 0.05) is 12.6 Å². The number of para-hydroxylation sites is 1. The van der Waals surface area contributed by atoms with Gasteiger partial charge < -0.3 is 15.0 Å². The molecular formula is C26H34N2O3. The van der Waals surface area contributed by atoms with Crippen molar-refractivity contribution in [3.8, 4) is 5.75 Å². The number of hydrogen-bond donors (Lipinski definition) is 1. The van der Waals surface area contributed by atoms with Gasteiger partial charge in [-0.3, -0.25) is 9.59 Å². The maximum absolute atomic E-state index is 13.1. The lowest BCUT2D eigenvalue weighted by Crippen LogP contribution is -2.52. The monoisotopic (exact) mass is 422 g/mol. The van der Waals surface area contributed by atoms with Gasteiger partial charge in [-0.15, -0.1) is 0 Å². The van der Waals surface area contributed by atoms with E-state index in [0.29, 0.717) is 18.7 Å². The Balaban J connectivity index is 1.65. The number of nitrogens with zero attached hydrogens (tertiary/aromatic N) is 1. The molecule has 1 aliphatic rings. The van der Waals surface area contributed by atoms with Crippen LogP contribution in [0.5, 0.6) is 5.75 Å². The molecule has 0 aromatic heterocycles. The van der Waals surface area contributed by atoms with Gasteiger partial charge in [0.2, 0.25) is 5.91 Å². The molecule has 0 radical (unpaired) electrons. The molecule has 5 heteroatoms. The Morgan fingerprint density at radius 3 is 2.42 bits per heavy atom. The van der Waals surface area contributed by atoms with E-state index in [1.165, 1.54) is 6.42 Å². The standard InChI is InChI=1S/C26H34N2O3/c1-20-11-9-10-16-24(20)31-19-25(29)28(18-17-22-12-5-3-6-13-22)21(2)26(30)27-23-14-7-4-8-15-23/h3,5-6,9-13,16,21,23H,4,7-8,14-15,17-19H2,1-2H3,(H,27,30). The molecule has 0 saturated heterocycles. The van der Waals surface area contributed by atoms with E-state index in [0.717, 1.165) is 36.8 Å². The third kappa shape index (κ3) is 6.84. The minimum absolute atomic E-state index is 0.0794. The minimum atomic E-state index is -0.543. The van der Waals surface area contributed by atoms with Crippen molar-refractivity contribution in [3.63, 3.8) is 0 Å². The normalized spacial score (nSPS) is 15.2. The fourth-order valence-electron chi connectivity index (χ4n) is 4.08. The van der Waals surface area contributed by atoms with Crippen LogP contribution in [0.25, 0.3) is 0 Å². The first-order chi connectivity index (χ1) is 15.0. The van der Waals surface area contributed by atoms with E-state index in [4.69, 9.17) is 4.74 Å². The van der Waals surface area contributed by atoms with Gasteiger partial charge in [0.1, 0.15) is 11.8 Å². The van der Waals surface area contributed by atoms with E-state index in [2.05, 4.69) is 5.32 Å². The maximum Gasteiger partial charge on any atom is 0.261 e. The summed E-state index contributed by atoms with van der Waals surface area (Å²) in [6.45, 7) is 4.15. The second kappa shape index (κ2) is 11.5. The van der Waals surface area contributed by atoms with Crippen LogP contribution < -0.4 is 10.1 Å². The molecular weight excluding hydrogens is 388 g/mol. The van der Waals surface area contributed by atoms with Crippen LogP contribution in [-0.2, 0) is 16.0 Å². The van der Waals surface area contributed by atoms with Crippen molar-refractivity contribution >= 4 is 11.8 Å². The number of aryl methyl sites for hydroxylation is 1. The molecule has 1 aliphatic carbocycles. The number of benzene rings is 2. The topological polar surface area (TPSA) is 58.6 Å². The van der Waals surface area contributed by atoms with Crippen LogP contribution in [0.4, 0.5) is 0 Å². The quantitative estimate of drug-likeness (QED) is 0.656. The maximum atomic E-state index is 13.1. The van der Waals surface area contributed by atoms with Gasteiger partial charge >= 0.3 is 0 Å². The molecule has 1 fully saturated rings. The predicted octanol–water partition coefficient (Wildman–Crippen LogP) is 4.28. The molecule has 0 aliphatic heterocycles. The molecule has 2 aromatic rings. The van der Waals surface area contributed by atoms with E-state index >= 15 is 0 Å². The van der Waals surface area contributed by atoms with Crippen LogP contribution in [-0.4, -0.2) is 41.9 Å². The molecule has 1 unspecified atom stereocenters. The lowest BCUT2D eigenvalue weighted by atomic mass is 9.95. The van der Waals surface area contributed by atoms with E-state index in [1.807, 2.05) is 68.4 Å². The smallest absolute Gasteiger partial charge is 0.261 e. The van der Waals surface area contributed by atoms with Gasteiger partial charge in [0.15, 0.2) is 6.61 Å². The van der Waals surface area contributed by atoms with Crippen molar-refractivity contribution in [3.05, 3.63) is 65.7 Å². The summed E-state index contributed by atoms with van der Waals surface area (Å²) in [7, 11) is 0. The summed E-state index contributed by atoms with van der Waals surface area (Å²) in [6.07, 6.45) is 6.28. The lowest BCUT2D eigenvalue weighted by molar-refractivity contribution is -0.141. The van der Waals surface area contributed by atoms with Crippen LogP contribution in [0.15, 0.2) is 54.6 Å². The van der Waals surface area contributed by atoms with Crippen LogP contribution in [0.1, 0.15) is 50.2 Å². The first-order valence-electron chi connectivity index (χ1n) is 11.4. The third-order valence-electron chi connectivity index (χ3n) is 6.05. The molecule has 1 saturated carbocycles. The molecule has 1 N–H and O–H groups in total. The van der Waals surface area contributed by atoms with Gasteiger partial charge in [-0.05, 0) is 50.3 Å². The number of hydrogen-bond acceptors (Lipinski definition) is 3. The largest absolute Gasteiger partial charge is 0.484 e. The van der Waals surface area contributed by atoms with Crippen molar-refractivity contribution in [2.45, 2.75) is 64.5 Å². The molecule has 166 valence electrons. The average Bonchev–Trinajstić information content (AvgIpc) is 2.80. The molecule has 2 aromatic carbocycles. The number of carbonyl (C=O) groups excluding carboxylic acids is 2. The van der Waals surface area contributed by atoms with E-state index in [1.54, 1.807) is 4.90 Å². The summed E-state index contributed by atoms with van der Waals surface area (Å²) < 4.78 is 5.79. The summed E-state index contributed by atoms with van der Waals surface area (Å²) in [6, 6.07) is 17.3. The molecule has 1 atom stereocenters. The second-order valence-corrected chi connectivity index (χ2v) is 8.40. The van der Waals surface area contributed by atoms with Crippen molar-refractivity contribution < 1.29 is 14.3 Å². The van der Waals surface area contributed by atoms with Crippen LogP contribution in [0, 0.1) is 6.92 Å². The zero-order valence-electron chi connectivity index (χ0n) is 18.7. The highest BCUT2D eigenvalue weighted by atomic mass is 16.5. The number of rotatable bonds is 9. The van der Waals surface area contributed by atoms with Crippen LogP contribution in [0.3, 0.4) is 0 Å².